The minimum atomic E-state index is -0.922. The second-order valence-corrected chi connectivity index (χ2v) is 6.51. The van der Waals surface area contributed by atoms with Crippen LogP contribution in [-0.4, -0.2) is 40.3 Å². The highest BCUT2D eigenvalue weighted by Gasteiger charge is 2.33. The third-order valence-electron chi connectivity index (χ3n) is 3.61. The van der Waals surface area contributed by atoms with Gasteiger partial charge in [0.2, 0.25) is 0 Å². The van der Waals surface area contributed by atoms with Crippen molar-refractivity contribution in [2.75, 3.05) is 6.54 Å². The molecule has 0 bridgehead atoms. The van der Waals surface area contributed by atoms with E-state index in [1.54, 1.807) is 18.7 Å². The first kappa shape index (κ1) is 16.0. The molecule has 1 N–H and O–H groups in total. The Morgan fingerprint density at radius 1 is 1.33 bits per heavy atom. The van der Waals surface area contributed by atoms with Crippen molar-refractivity contribution in [3.05, 3.63) is 35.9 Å². The highest BCUT2D eigenvalue weighted by atomic mass is 16.5. The lowest BCUT2D eigenvalue weighted by Crippen LogP contribution is -2.46. The molecule has 0 spiro atoms. The van der Waals surface area contributed by atoms with Gasteiger partial charge in [-0.15, -0.1) is 0 Å². The van der Waals surface area contributed by atoms with E-state index in [-0.39, 0.29) is 18.1 Å². The van der Waals surface area contributed by atoms with Crippen LogP contribution >= 0.6 is 0 Å². The number of ether oxygens (including phenoxy) is 1. The lowest BCUT2D eigenvalue weighted by molar-refractivity contribution is -0.146. The summed E-state index contributed by atoms with van der Waals surface area (Å²) >= 11 is 0. The van der Waals surface area contributed by atoms with Gasteiger partial charge in [-0.2, -0.15) is 0 Å². The Balaban J connectivity index is 2.10. The van der Waals surface area contributed by atoms with Crippen LogP contribution in [0.3, 0.4) is 0 Å². The van der Waals surface area contributed by atoms with Gasteiger partial charge >= 0.3 is 0 Å². The third-order valence-corrected chi connectivity index (χ3v) is 3.61. The first-order valence-electron chi connectivity index (χ1n) is 7.56. The number of rotatable bonds is 5. The van der Waals surface area contributed by atoms with Crippen LogP contribution in [-0.2, 0) is 16.1 Å². The molecule has 1 fully saturated rings. The van der Waals surface area contributed by atoms with Gasteiger partial charge in [0.25, 0.3) is 5.91 Å². The predicted molar refractivity (Wildman–Crippen MR) is 81.7 cm³/mol. The van der Waals surface area contributed by atoms with Crippen LogP contribution in [0.25, 0.3) is 0 Å². The van der Waals surface area contributed by atoms with E-state index in [9.17, 15) is 9.90 Å². The van der Waals surface area contributed by atoms with Crippen LogP contribution in [0.2, 0.25) is 0 Å². The normalized spacial score (nSPS) is 22.3. The monoisotopic (exact) mass is 291 g/mol. The summed E-state index contributed by atoms with van der Waals surface area (Å²) in [5.41, 5.74) is 0.135. The fourth-order valence-electron chi connectivity index (χ4n) is 2.67. The van der Waals surface area contributed by atoms with Gasteiger partial charge in [-0.1, -0.05) is 30.3 Å². The molecule has 1 aromatic rings. The summed E-state index contributed by atoms with van der Waals surface area (Å²) in [6.45, 7) is 6.23. The average Bonchev–Trinajstić information content (AvgIpc) is 2.83. The average molecular weight is 291 g/mol. The molecular formula is C17H25NO3. The number of hydrogen-bond donors (Lipinski definition) is 1. The van der Waals surface area contributed by atoms with E-state index in [4.69, 9.17) is 4.74 Å². The molecule has 0 radical (unpaired) electrons. The standard InChI is InChI=1S/C17H25NO3/c1-13-9-10-15(21-13)16(19)18(12-17(2,3)20)11-14-7-5-4-6-8-14/h4-8,13,15,20H,9-12H2,1-3H3. The maximum Gasteiger partial charge on any atom is 0.252 e. The van der Waals surface area contributed by atoms with E-state index in [1.807, 2.05) is 37.3 Å². The van der Waals surface area contributed by atoms with Crippen molar-refractivity contribution in [2.45, 2.75) is 58.0 Å². The fourth-order valence-corrected chi connectivity index (χ4v) is 2.67. The molecule has 1 aliphatic heterocycles. The van der Waals surface area contributed by atoms with Gasteiger partial charge in [0.05, 0.1) is 11.7 Å². The zero-order chi connectivity index (χ0) is 15.5. The smallest absolute Gasteiger partial charge is 0.252 e. The van der Waals surface area contributed by atoms with E-state index in [0.717, 1.165) is 18.4 Å². The van der Waals surface area contributed by atoms with Crippen LogP contribution in [0.1, 0.15) is 39.2 Å². The van der Waals surface area contributed by atoms with E-state index in [1.165, 1.54) is 0 Å². The SMILES string of the molecule is CC1CCC(C(=O)N(Cc2ccccc2)CC(C)(C)O)O1. The summed E-state index contributed by atoms with van der Waals surface area (Å²) < 4.78 is 5.68. The Kier molecular flexibility index (Phi) is 5.01. The van der Waals surface area contributed by atoms with Gasteiger partial charge in [-0.25, -0.2) is 0 Å². The first-order valence-corrected chi connectivity index (χ1v) is 7.56. The molecule has 21 heavy (non-hydrogen) atoms. The fraction of sp³-hybridized carbons (Fsp3) is 0.588. The molecule has 4 nitrogen and oxygen atoms in total. The van der Waals surface area contributed by atoms with Crippen molar-refractivity contribution in [3.63, 3.8) is 0 Å². The Hall–Kier alpha value is -1.39. The summed E-state index contributed by atoms with van der Waals surface area (Å²) in [6.07, 6.45) is 1.45. The molecule has 2 unspecified atom stereocenters. The van der Waals surface area contributed by atoms with Crippen molar-refractivity contribution in [2.24, 2.45) is 0 Å². The molecule has 4 heteroatoms. The van der Waals surface area contributed by atoms with Crippen LogP contribution in [0.5, 0.6) is 0 Å². The van der Waals surface area contributed by atoms with Gasteiger partial charge in [0, 0.05) is 13.1 Å². The minimum Gasteiger partial charge on any atom is -0.389 e. The molecule has 1 aliphatic rings. The van der Waals surface area contributed by atoms with Gasteiger partial charge in [0.1, 0.15) is 6.10 Å². The largest absolute Gasteiger partial charge is 0.389 e. The van der Waals surface area contributed by atoms with Gasteiger partial charge < -0.3 is 14.7 Å². The van der Waals surface area contributed by atoms with Crippen LogP contribution in [0, 0.1) is 0 Å². The van der Waals surface area contributed by atoms with E-state index >= 15 is 0 Å². The number of hydrogen-bond acceptors (Lipinski definition) is 3. The van der Waals surface area contributed by atoms with Crippen LogP contribution in [0.4, 0.5) is 0 Å². The zero-order valence-corrected chi connectivity index (χ0v) is 13.1. The molecule has 0 aromatic heterocycles. The molecule has 0 saturated carbocycles. The molecule has 116 valence electrons. The summed E-state index contributed by atoms with van der Waals surface area (Å²) in [5.74, 6) is -0.0228. The molecule has 0 aliphatic carbocycles. The molecule has 1 heterocycles. The Bertz CT molecular complexity index is 467. The van der Waals surface area contributed by atoms with Crippen molar-refractivity contribution in [1.29, 1.82) is 0 Å². The molecule has 2 atom stereocenters. The highest BCUT2D eigenvalue weighted by Crippen LogP contribution is 2.22. The Morgan fingerprint density at radius 2 is 2.00 bits per heavy atom. The lowest BCUT2D eigenvalue weighted by Gasteiger charge is -2.31. The van der Waals surface area contributed by atoms with Crippen LogP contribution < -0.4 is 0 Å². The summed E-state index contributed by atoms with van der Waals surface area (Å²) in [7, 11) is 0. The number of carbonyl (C=O) groups is 1. The van der Waals surface area contributed by atoms with Crippen LogP contribution in [0.15, 0.2) is 30.3 Å². The maximum absolute atomic E-state index is 12.7. The number of nitrogens with zero attached hydrogens (tertiary/aromatic N) is 1. The first-order chi connectivity index (χ1) is 9.85. The lowest BCUT2D eigenvalue weighted by atomic mass is 10.1. The van der Waals surface area contributed by atoms with E-state index in [2.05, 4.69) is 0 Å². The van der Waals surface area contributed by atoms with Crippen molar-refractivity contribution in [1.82, 2.24) is 4.90 Å². The topological polar surface area (TPSA) is 49.8 Å². The maximum atomic E-state index is 12.7. The number of amides is 1. The number of benzene rings is 1. The quantitative estimate of drug-likeness (QED) is 0.906. The van der Waals surface area contributed by atoms with E-state index < -0.39 is 5.60 Å². The van der Waals surface area contributed by atoms with Crippen molar-refractivity contribution >= 4 is 5.91 Å². The van der Waals surface area contributed by atoms with Gasteiger partial charge in [-0.3, -0.25) is 4.79 Å². The highest BCUT2D eigenvalue weighted by molar-refractivity contribution is 5.81. The van der Waals surface area contributed by atoms with Gasteiger partial charge in [-0.05, 0) is 39.2 Å². The summed E-state index contributed by atoms with van der Waals surface area (Å²) in [4.78, 5) is 14.4. The minimum absolute atomic E-state index is 0.0228. The summed E-state index contributed by atoms with van der Waals surface area (Å²) in [5, 5.41) is 10.1. The van der Waals surface area contributed by atoms with Gasteiger partial charge in [0.15, 0.2) is 0 Å². The molecular weight excluding hydrogens is 266 g/mol. The zero-order valence-electron chi connectivity index (χ0n) is 13.1. The third kappa shape index (κ3) is 4.83. The molecule has 2 rings (SSSR count). The molecule has 1 saturated heterocycles. The Morgan fingerprint density at radius 3 is 2.52 bits per heavy atom. The number of carbonyl (C=O) groups excluding carboxylic acids is 1. The second-order valence-electron chi connectivity index (χ2n) is 6.51. The summed E-state index contributed by atoms with van der Waals surface area (Å²) in [6, 6.07) is 9.84. The van der Waals surface area contributed by atoms with Crippen molar-refractivity contribution in [3.8, 4) is 0 Å². The second kappa shape index (κ2) is 6.58. The Labute approximate surface area is 126 Å². The van der Waals surface area contributed by atoms with Crippen molar-refractivity contribution < 1.29 is 14.6 Å². The predicted octanol–water partition coefficient (Wildman–Crippen LogP) is 2.35. The molecule has 1 aromatic carbocycles. The number of aliphatic hydroxyl groups is 1. The molecule has 1 amide bonds. The van der Waals surface area contributed by atoms with E-state index in [0.29, 0.717) is 13.1 Å².